The van der Waals surface area contributed by atoms with Crippen LogP contribution in [0.4, 0.5) is 13.6 Å². The molecule has 3 fully saturated rings. The number of likely N-dealkylation sites (tertiary alicyclic amines) is 1. The first-order valence-corrected chi connectivity index (χ1v) is 12.3. The van der Waals surface area contributed by atoms with Crippen LogP contribution in [-0.4, -0.2) is 73.6 Å². The van der Waals surface area contributed by atoms with Gasteiger partial charge >= 0.3 is 6.03 Å². The third-order valence-electron chi connectivity index (χ3n) is 7.48. The second kappa shape index (κ2) is 11.4. The Labute approximate surface area is 194 Å². The second-order valence-corrected chi connectivity index (χ2v) is 9.66. The lowest BCUT2D eigenvalue weighted by Gasteiger charge is -2.35. The van der Waals surface area contributed by atoms with Gasteiger partial charge in [0.05, 0.1) is 18.8 Å². The minimum Gasteiger partial charge on any atom is -0.378 e. The average Bonchev–Trinajstić information content (AvgIpc) is 2.84. The highest BCUT2D eigenvalue weighted by atomic mass is 19.1. The van der Waals surface area contributed by atoms with Crippen molar-refractivity contribution in [2.24, 2.45) is 11.8 Å². The molecule has 6 nitrogen and oxygen atoms in total. The summed E-state index contributed by atoms with van der Waals surface area (Å²) in [5.74, 6) is -1.14. The molecule has 0 spiro atoms. The van der Waals surface area contributed by atoms with E-state index in [0.717, 1.165) is 76.7 Å². The molecule has 1 aromatic carbocycles. The van der Waals surface area contributed by atoms with Gasteiger partial charge in [0.15, 0.2) is 5.78 Å². The van der Waals surface area contributed by atoms with Gasteiger partial charge in [0, 0.05) is 31.1 Å². The van der Waals surface area contributed by atoms with E-state index in [9.17, 15) is 18.4 Å². The van der Waals surface area contributed by atoms with Crippen molar-refractivity contribution in [1.82, 2.24) is 15.1 Å². The lowest BCUT2D eigenvalue weighted by Crippen LogP contribution is -2.49. The molecule has 0 radical (unpaired) electrons. The van der Waals surface area contributed by atoms with E-state index < -0.39 is 11.6 Å². The number of piperidine rings is 1. The van der Waals surface area contributed by atoms with E-state index in [1.165, 1.54) is 6.07 Å². The van der Waals surface area contributed by atoms with Crippen LogP contribution >= 0.6 is 0 Å². The van der Waals surface area contributed by atoms with Crippen LogP contribution in [-0.2, 0) is 4.74 Å². The lowest BCUT2D eigenvalue weighted by atomic mass is 9.83. The van der Waals surface area contributed by atoms with Crippen LogP contribution in [0.15, 0.2) is 18.2 Å². The van der Waals surface area contributed by atoms with Crippen molar-refractivity contribution in [3.8, 4) is 0 Å². The number of amides is 2. The Hall–Kier alpha value is -2.06. The molecule has 1 aromatic rings. The minimum absolute atomic E-state index is 0.00678. The number of rotatable bonds is 6. The topological polar surface area (TPSA) is 61.9 Å². The highest BCUT2D eigenvalue weighted by molar-refractivity contribution is 5.98. The number of ether oxygens (including phenoxy) is 1. The van der Waals surface area contributed by atoms with Crippen molar-refractivity contribution in [3.63, 3.8) is 0 Å². The molecule has 0 atom stereocenters. The van der Waals surface area contributed by atoms with Crippen molar-refractivity contribution in [3.05, 3.63) is 35.4 Å². The average molecular weight is 464 g/mol. The molecule has 1 aliphatic carbocycles. The summed E-state index contributed by atoms with van der Waals surface area (Å²) in [5, 5.41) is 3.19. The molecule has 0 unspecified atom stereocenters. The summed E-state index contributed by atoms with van der Waals surface area (Å²) in [6.45, 7) is 5.27. The number of hydrogen-bond acceptors (Lipinski definition) is 4. The monoisotopic (exact) mass is 463 g/mol. The summed E-state index contributed by atoms with van der Waals surface area (Å²) < 4.78 is 32.4. The highest BCUT2D eigenvalue weighted by Crippen LogP contribution is 2.29. The standard InChI is InChI=1S/C25H35F2N3O3/c26-20-3-6-22(23(27)17-20)24(31)19-8-11-29(12-9-19)10-7-18-1-4-21(5-2-18)28-25(32)30-13-15-33-16-14-30/h3,6,17-19,21H,1-2,4-5,7-16H2,(H,28,32). The fourth-order valence-electron chi connectivity index (χ4n) is 5.32. The van der Waals surface area contributed by atoms with E-state index in [0.29, 0.717) is 32.2 Å². The molecule has 0 bridgehead atoms. The molecule has 1 N–H and O–H groups in total. The van der Waals surface area contributed by atoms with Gasteiger partial charge < -0.3 is 19.9 Å². The van der Waals surface area contributed by atoms with Crippen molar-refractivity contribution in [1.29, 1.82) is 0 Å². The van der Waals surface area contributed by atoms with Gasteiger partial charge in [-0.15, -0.1) is 0 Å². The summed E-state index contributed by atoms with van der Waals surface area (Å²) in [7, 11) is 0. The van der Waals surface area contributed by atoms with Crippen molar-refractivity contribution >= 4 is 11.8 Å². The Kier molecular flexibility index (Phi) is 8.30. The number of nitrogens with zero attached hydrogens (tertiary/aromatic N) is 2. The van der Waals surface area contributed by atoms with Crippen LogP contribution in [0.5, 0.6) is 0 Å². The number of urea groups is 1. The van der Waals surface area contributed by atoms with Gasteiger partial charge in [-0.25, -0.2) is 13.6 Å². The van der Waals surface area contributed by atoms with E-state index in [1.807, 2.05) is 4.90 Å². The Morgan fingerprint density at radius 1 is 0.970 bits per heavy atom. The Morgan fingerprint density at radius 3 is 2.33 bits per heavy atom. The third-order valence-corrected chi connectivity index (χ3v) is 7.48. The van der Waals surface area contributed by atoms with Crippen LogP contribution in [0, 0.1) is 23.5 Å². The molecule has 8 heteroatoms. The number of nitrogens with one attached hydrogen (secondary N) is 1. The summed E-state index contributed by atoms with van der Waals surface area (Å²) in [6, 6.07) is 3.50. The molecule has 33 heavy (non-hydrogen) atoms. The maximum absolute atomic E-state index is 13.9. The van der Waals surface area contributed by atoms with Gasteiger partial charge in [-0.1, -0.05) is 0 Å². The first kappa shape index (κ1) is 24.1. The van der Waals surface area contributed by atoms with Gasteiger partial charge in [0.2, 0.25) is 0 Å². The smallest absolute Gasteiger partial charge is 0.317 e. The number of hydrogen-bond donors (Lipinski definition) is 1. The van der Waals surface area contributed by atoms with E-state index in [4.69, 9.17) is 4.74 Å². The van der Waals surface area contributed by atoms with Gasteiger partial charge in [-0.2, -0.15) is 0 Å². The zero-order valence-electron chi connectivity index (χ0n) is 19.2. The first-order valence-electron chi connectivity index (χ1n) is 12.3. The number of morpholine rings is 1. The summed E-state index contributed by atoms with van der Waals surface area (Å²) in [4.78, 5) is 29.2. The first-order chi connectivity index (χ1) is 16.0. The van der Waals surface area contributed by atoms with Crippen LogP contribution < -0.4 is 5.32 Å². The lowest BCUT2D eigenvalue weighted by molar-refractivity contribution is 0.0519. The maximum Gasteiger partial charge on any atom is 0.317 e. The SMILES string of the molecule is O=C(c1ccc(F)cc1F)C1CCN(CCC2CCC(NC(=O)N3CCOCC3)CC2)CC1. The number of halogens is 2. The second-order valence-electron chi connectivity index (χ2n) is 9.66. The summed E-state index contributed by atoms with van der Waals surface area (Å²) in [6.07, 6.45) is 6.89. The van der Waals surface area contributed by atoms with E-state index in [-0.39, 0.29) is 29.3 Å². The molecule has 2 amide bonds. The number of Topliss-reactive ketones (excluding diaryl/α,β-unsaturated/α-hetero) is 1. The predicted octanol–water partition coefficient (Wildman–Crippen LogP) is 3.85. The van der Waals surface area contributed by atoms with Gasteiger partial charge in [-0.05, 0) is 82.6 Å². The van der Waals surface area contributed by atoms with Gasteiger partial charge in [0.1, 0.15) is 11.6 Å². The molecule has 1 saturated carbocycles. The minimum atomic E-state index is -0.765. The van der Waals surface area contributed by atoms with Crippen LogP contribution in [0.25, 0.3) is 0 Å². The molecule has 4 rings (SSSR count). The molecule has 2 heterocycles. The van der Waals surface area contributed by atoms with E-state index >= 15 is 0 Å². The van der Waals surface area contributed by atoms with Gasteiger partial charge in [-0.3, -0.25) is 4.79 Å². The third kappa shape index (κ3) is 6.51. The van der Waals surface area contributed by atoms with Crippen molar-refractivity contribution in [2.45, 2.75) is 51.0 Å². The van der Waals surface area contributed by atoms with Crippen molar-refractivity contribution < 1.29 is 23.1 Å². The number of benzene rings is 1. The normalized spacial score (nSPS) is 25.1. The predicted molar refractivity (Wildman–Crippen MR) is 121 cm³/mol. The fourth-order valence-corrected chi connectivity index (χ4v) is 5.32. The van der Waals surface area contributed by atoms with E-state index in [2.05, 4.69) is 10.2 Å². The molecular formula is C25H35F2N3O3. The summed E-state index contributed by atoms with van der Waals surface area (Å²) >= 11 is 0. The zero-order valence-corrected chi connectivity index (χ0v) is 19.2. The Bertz CT molecular complexity index is 815. The highest BCUT2D eigenvalue weighted by Gasteiger charge is 2.29. The Morgan fingerprint density at radius 2 is 1.67 bits per heavy atom. The quantitative estimate of drug-likeness (QED) is 0.651. The van der Waals surface area contributed by atoms with Crippen molar-refractivity contribution in [2.75, 3.05) is 45.9 Å². The molecule has 2 saturated heterocycles. The maximum atomic E-state index is 13.9. The Balaban J connectivity index is 1.13. The molecule has 182 valence electrons. The number of ketones is 1. The molecule has 2 aliphatic heterocycles. The van der Waals surface area contributed by atoms with Crippen LogP contribution in [0.2, 0.25) is 0 Å². The number of carbonyl (C=O) groups is 2. The number of carbonyl (C=O) groups excluding carboxylic acids is 2. The fraction of sp³-hybridized carbons (Fsp3) is 0.680. The largest absolute Gasteiger partial charge is 0.378 e. The van der Waals surface area contributed by atoms with E-state index in [1.54, 1.807) is 0 Å². The molecular weight excluding hydrogens is 428 g/mol. The summed E-state index contributed by atoms with van der Waals surface area (Å²) in [5.41, 5.74) is 0.00678. The molecule has 3 aliphatic rings. The van der Waals surface area contributed by atoms with Gasteiger partial charge in [0.25, 0.3) is 0 Å². The zero-order chi connectivity index (χ0) is 23.2. The molecule has 0 aromatic heterocycles. The van der Waals surface area contributed by atoms with Crippen LogP contribution in [0.1, 0.15) is 55.3 Å². The van der Waals surface area contributed by atoms with Crippen LogP contribution in [0.3, 0.4) is 0 Å².